The molecule has 0 bridgehead atoms. The molecule has 1 atom stereocenters. The lowest BCUT2D eigenvalue weighted by Gasteiger charge is -2.24. The molecule has 0 saturated carbocycles. The van der Waals surface area contributed by atoms with Crippen LogP contribution in [0.3, 0.4) is 0 Å². The predicted octanol–water partition coefficient (Wildman–Crippen LogP) is 4.11. The zero-order valence-corrected chi connectivity index (χ0v) is 13.5. The Labute approximate surface area is 125 Å². The number of nitrogens with two attached hydrogens (primary N) is 1. The molecule has 1 aromatic rings. The highest BCUT2D eigenvalue weighted by Crippen LogP contribution is 2.29. The maximum Gasteiger partial charge on any atom is 0.0510 e. The zero-order chi connectivity index (χ0) is 13.7. The van der Waals surface area contributed by atoms with Crippen molar-refractivity contribution in [1.82, 2.24) is 0 Å². The first-order chi connectivity index (χ1) is 9.20. The van der Waals surface area contributed by atoms with Gasteiger partial charge in [0.15, 0.2) is 0 Å². The van der Waals surface area contributed by atoms with Crippen LogP contribution in [-0.4, -0.2) is 19.1 Å². The minimum absolute atomic E-state index is 0.274. The molecule has 106 valence electrons. The van der Waals surface area contributed by atoms with Crippen molar-refractivity contribution in [2.75, 3.05) is 18.0 Å². The van der Waals surface area contributed by atoms with E-state index >= 15 is 0 Å². The molecule has 0 aromatic heterocycles. The van der Waals surface area contributed by atoms with Crippen LogP contribution in [0.4, 0.5) is 5.69 Å². The molecule has 0 radical (unpaired) electrons. The molecule has 2 rings (SSSR count). The molecule has 1 heterocycles. The zero-order valence-electron chi connectivity index (χ0n) is 11.9. The van der Waals surface area contributed by atoms with Crippen molar-refractivity contribution < 1.29 is 0 Å². The molecule has 1 saturated heterocycles. The average Bonchev–Trinajstić information content (AvgIpc) is 2.67. The second-order valence-electron chi connectivity index (χ2n) is 5.56. The summed E-state index contributed by atoms with van der Waals surface area (Å²) in [5, 5.41) is 0. The van der Waals surface area contributed by atoms with Gasteiger partial charge < -0.3 is 10.6 Å². The van der Waals surface area contributed by atoms with Crippen LogP contribution in [0.5, 0.6) is 0 Å². The molecular weight excluding hydrogens is 300 g/mol. The highest BCUT2D eigenvalue weighted by Gasteiger charge is 2.13. The lowest BCUT2D eigenvalue weighted by molar-refractivity contribution is 0.646. The highest BCUT2D eigenvalue weighted by molar-refractivity contribution is 9.10. The topological polar surface area (TPSA) is 29.3 Å². The van der Waals surface area contributed by atoms with E-state index in [1.54, 1.807) is 0 Å². The molecule has 2 nitrogen and oxygen atoms in total. The van der Waals surface area contributed by atoms with Gasteiger partial charge in [0, 0.05) is 23.6 Å². The molecule has 1 fully saturated rings. The van der Waals surface area contributed by atoms with E-state index in [-0.39, 0.29) is 6.04 Å². The monoisotopic (exact) mass is 324 g/mol. The van der Waals surface area contributed by atoms with Gasteiger partial charge in [-0.2, -0.15) is 0 Å². The Morgan fingerprint density at radius 1 is 1.21 bits per heavy atom. The normalized spacial score (nSPS) is 18.2. The fourth-order valence-corrected chi connectivity index (χ4v) is 3.37. The molecule has 2 N–H and O–H groups in total. The van der Waals surface area contributed by atoms with E-state index in [0.29, 0.717) is 0 Å². The van der Waals surface area contributed by atoms with Gasteiger partial charge in [-0.15, -0.1) is 0 Å². The minimum atomic E-state index is 0.274. The van der Waals surface area contributed by atoms with Crippen molar-refractivity contribution in [2.45, 2.75) is 51.5 Å². The number of hydrogen-bond acceptors (Lipinski definition) is 2. The highest BCUT2D eigenvalue weighted by atomic mass is 79.9. The molecule has 3 heteroatoms. The van der Waals surface area contributed by atoms with Gasteiger partial charge in [0.25, 0.3) is 0 Å². The van der Waals surface area contributed by atoms with Crippen molar-refractivity contribution in [3.8, 4) is 0 Å². The lowest BCUT2D eigenvalue weighted by Crippen LogP contribution is -2.24. The molecule has 0 spiro atoms. The van der Waals surface area contributed by atoms with Crippen molar-refractivity contribution in [3.63, 3.8) is 0 Å². The maximum atomic E-state index is 6.03. The molecule has 0 amide bonds. The van der Waals surface area contributed by atoms with E-state index in [9.17, 15) is 0 Å². The summed E-state index contributed by atoms with van der Waals surface area (Å²) in [6, 6.07) is 7.01. The third kappa shape index (κ3) is 4.22. The van der Waals surface area contributed by atoms with Gasteiger partial charge in [-0.1, -0.05) is 25.8 Å². The average molecular weight is 325 g/mol. The molecule has 1 unspecified atom stereocenters. The number of benzene rings is 1. The molecule has 1 aromatic carbocycles. The van der Waals surface area contributed by atoms with Crippen LogP contribution in [-0.2, 0) is 6.42 Å². The SMILES string of the molecule is CCC(N)Cc1ccc(N2CCCCCC2)c(Br)c1. The third-order valence-electron chi connectivity index (χ3n) is 3.98. The summed E-state index contributed by atoms with van der Waals surface area (Å²) >= 11 is 3.74. The Hall–Kier alpha value is -0.540. The first kappa shape index (κ1) is 14.9. The smallest absolute Gasteiger partial charge is 0.0510 e. The second-order valence-corrected chi connectivity index (χ2v) is 6.41. The summed E-state index contributed by atoms with van der Waals surface area (Å²) in [5.74, 6) is 0. The first-order valence-electron chi connectivity index (χ1n) is 7.49. The Bertz CT molecular complexity index is 398. The van der Waals surface area contributed by atoms with E-state index in [0.717, 1.165) is 12.8 Å². The minimum Gasteiger partial charge on any atom is -0.371 e. The van der Waals surface area contributed by atoms with E-state index < -0.39 is 0 Å². The van der Waals surface area contributed by atoms with E-state index in [1.807, 2.05) is 0 Å². The molecule has 19 heavy (non-hydrogen) atoms. The van der Waals surface area contributed by atoms with Crippen LogP contribution in [0.25, 0.3) is 0 Å². The van der Waals surface area contributed by atoms with Gasteiger partial charge in [-0.3, -0.25) is 0 Å². The van der Waals surface area contributed by atoms with E-state index in [4.69, 9.17) is 5.73 Å². The van der Waals surface area contributed by atoms with Gasteiger partial charge in [0.05, 0.1) is 5.69 Å². The number of halogens is 1. The summed E-state index contributed by atoms with van der Waals surface area (Å²) in [6.45, 7) is 4.52. The molecule has 0 aliphatic carbocycles. The van der Waals surface area contributed by atoms with Gasteiger partial charge >= 0.3 is 0 Å². The second kappa shape index (κ2) is 7.30. The van der Waals surface area contributed by atoms with Crippen molar-refractivity contribution in [2.24, 2.45) is 5.73 Å². The summed E-state index contributed by atoms with van der Waals surface area (Å²) in [7, 11) is 0. The molecule has 1 aliphatic rings. The van der Waals surface area contributed by atoms with Gasteiger partial charge in [-0.05, 0) is 59.3 Å². The number of anilines is 1. The van der Waals surface area contributed by atoms with E-state index in [2.05, 4.69) is 46.0 Å². The van der Waals surface area contributed by atoms with Crippen LogP contribution in [0, 0.1) is 0 Å². The standard InChI is InChI=1S/C16H25BrN2/c1-2-14(18)11-13-7-8-16(15(17)12-13)19-9-5-3-4-6-10-19/h7-8,12,14H,2-6,9-11,18H2,1H3. The van der Waals surface area contributed by atoms with Crippen molar-refractivity contribution in [1.29, 1.82) is 0 Å². The Morgan fingerprint density at radius 2 is 1.89 bits per heavy atom. The predicted molar refractivity (Wildman–Crippen MR) is 86.8 cm³/mol. The van der Waals surface area contributed by atoms with Crippen LogP contribution in [0.2, 0.25) is 0 Å². The van der Waals surface area contributed by atoms with Crippen LogP contribution in [0.1, 0.15) is 44.6 Å². The summed E-state index contributed by atoms with van der Waals surface area (Å²) < 4.78 is 1.22. The van der Waals surface area contributed by atoms with E-state index in [1.165, 1.54) is 54.5 Å². The number of nitrogens with zero attached hydrogens (tertiary/aromatic N) is 1. The Kier molecular flexibility index (Phi) is 5.71. The van der Waals surface area contributed by atoms with Crippen LogP contribution >= 0.6 is 15.9 Å². The lowest BCUT2D eigenvalue weighted by atomic mass is 10.0. The fraction of sp³-hybridized carbons (Fsp3) is 0.625. The van der Waals surface area contributed by atoms with Gasteiger partial charge in [-0.25, -0.2) is 0 Å². The Balaban J connectivity index is 2.09. The molecular formula is C16H25BrN2. The summed E-state index contributed by atoms with van der Waals surface area (Å²) in [5.41, 5.74) is 8.71. The summed E-state index contributed by atoms with van der Waals surface area (Å²) in [4.78, 5) is 2.51. The van der Waals surface area contributed by atoms with Gasteiger partial charge in [0.2, 0.25) is 0 Å². The largest absolute Gasteiger partial charge is 0.371 e. The van der Waals surface area contributed by atoms with Crippen LogP contribution in [0.15, 0.2) is 22.7 Å². The number of hydrogen-bond donors (Lipinski definition) is 1. The Morgan fingerprint density at radius 3 is 2.47 bits per heavy atom. The quantitative estimate of drug-likeness (QED) is 0.903. The maximum absolute atomic E-state index is 6.03. The third-order valence-corrected chi connectivity index (χ3v) is 4.62. The fourth-order valence-electron chi connectivity index (χ4n) is 2.69. The van der Waals surface area contributed by atoms with Gasteiger partial charge in [0.1, 0.15) is 0 Å². The first-order valence-corrected chi connectivity index (χ1v) is 8.29. The van der Waals surface area contributed by atoms with Crippen molar-refractivity contribution >= 4 is 21.6 Å². The van der Waals surface area contributed by atoms with Crippen molar-refractivity contribution in [3.05, 3.63) is 28.2 Å². The molecule has 1 aliphatic heterocycles. The van der Waals surface area contributed by atoms with Crippen LogP contribution < -0.4 is 10.6 Å². The number of rotatable bonds is 4. The summed E-state index contributed by atoms with van der Waals surface area (Å²) in [6.07, 6.45) is 7.37.